The highest BCUT2D eigenvalue weighted by Gasteiger charge is 2.17. The van der Waals surface area contributed by atoms with Crippen molar-refractivity contribution in [1.82, 2.24) is 0 Å². The van der Waals surface area contributed by atoms with Crippen molar-refractivity contribution in [1.29, 1.82) is 0 Å². The Morgan fingerprint density at radius 3 is 1.74 bits per heavy atom. The smallest absolute Gasteiger partial charge is 0.123 e. The molecule has 0 aromatic heterocycles. The standard InChI is InChI=1S/C18H22O/c1-12(2)14-9-7-10-15(13(3)4)18(14)16-8-5-6-11-17(16)19/h5-13,19H,1-4H3. The van der Waals surface area contributed by atoms with Crippen LogP contribution >= 0.6 is 0 Å². The summed E-state index contributed by atoms with van der Waals surface area (Å²) >= 11 is 0. The van der Waals surface area contributed by atoms with Gasteiger partial charge in [-0.2, -0.15) is 0 Å². The van der Waals surface area contributed by atoms with Crippen LogP contribution in [0, 0.1) is 0 Å². The minimum absolute atomic E-state index is 0.359. The van der Waals surface area contributed by atoms with Crippen molar-refractivity contribution in [2.24, 2.45) is 0 Å². The summed E-state index contributed by atoms with van der Waals surface area (Å²) in [5.74, 6) is 1.24. The van der Waals surface area contributed by atoms with Crippen molar-refractivity contribution in [2.75, 3.05) is 0 Å². The van der Waals surface area contributed by atoms with E-state index in [1.165, 1.54) is 16.7 Å². The molecule has 0 spiro atoms. The number of rotatable bonds is 3. The fourth-order valence-corrected chi connectivity index (χ4v) is 2.55. The molecular weight excluding hydrogens is 232 g/mol. The third kappa shape index (κ3) is 2.65. The molecule has 0 aliphatic rings. The molecule has 0 amide bonds. The van der Waals surface area contributed by atoms with Crippen molar-refractivity contribution in [3.05, 3.63) is 53.6 Å². The van der Waals surface area contributed by atoms with Crippen LogP contribution in [0.4, 0.5) is 0 Å². The first kappa shape index (κ1) is 13.7. The number of hydrogen-bond donors (Lipinski definition) is 1. The largest absolute Gasteiger partial charge is 0.507 e. The molecule has 1 nitrogen and oxygen atoms in total. The van der Waals surface area contributed by atoms with Gasteiger partial charge < -0.3 is 5.11 Å². The second-order valence-electron chi connectivity index (χ2n) is 5.64. The van der Waals surface area contributed by atoms with E-state index in [0.717, 1.165) is 5.56 Å². The number of phenolic OH excluding ortho intramolecular Hbond substituents is 1. The van der Waals surface area contributed by atoms with Crippen LogP contribution in [0.1, 0.15) is 50.7 Å². The van der Waals surface area contributed by atoms with Crippen molar-refractivity contribution in [3.8, 4) is 16.9 Å². The predicted molar refractivity (Wildman–Crippen MR) is 81.7 cm³/mol. The summed E-state index contributed by atoms with van der Waals surface area (Å²) in [7, 11) is 0. The van der Waals surface area contributed by atoms with Gasteiger partial charge in [0.25, 0.3) is 0 Å². The molecule has 0 atom stereocenters. The molecule has 19 heavy (non-hydrogen) atoms. The number of benzene rings is 2. The van der Waals surface area contributed by atoms with E-state index in [-0.39, 0.29) is 0 Å². The fourth-order valence-electron chi connectivity index (χ4n) is 2.55. The Bertz CT molecular complexity index is 541. The summed E-state index contributed by atoms with van der Waals surface area (Å²) < 4.78 is 0. The molecule has 0 fully saturated rings. The molecule has 0 radical (unpaired) electrons. The maximum absolute atomic E-state index is 10.2. The Hall–Kier alpha value is -1.76. The van der Waals surface area contributed by atoms with E-state index in [1.54, 1.807) is 6.07 Å². The van der Waals surface area contributed by atoms with Crippen LogP contribution in [0.15, 0.2) is 42.5 Å². The molecule has 2 aromatic rings. The van der Waals surface area contributed by atoms with E-state index in [4.69, 9.17) is 0 Å². The van der Waals surface area contributed by atoms with Crippen LogP contribution < -0.4 is 0 Å². The molecule has 0 saturated heterocycles. The molecule has 0 heterocycles. The average molecular weight is 254 g/mol. The molecular formula is C18H22O. The second-order valence-corrected chi connectivity index (χ2v) is 5.64. The lowest BCUT2D eigenvalue weighted by Gasteiger charge is -2.20. The van der Waals surface area contributed by atoms with E-state index >= 15 is 0 Å². The minimum Gasteiger partial charge on any atom is -0.507 e. The quantitative estimate of drug-likeness (QED) is 0.787. The van der Waals surface area contributed by atoms with Gasteiger partial charge in [-0.3, -0.25) is 0 Å². The third-order valence-corrected chi connectivity index (χ3v) is 3.55. The van der Waals surface area contributed by atoms with Gasteiger partial charge in [0.05, 0.1) is 0 Å². The lowest BCUT2D eigenvalue weighted by atomic mass is 9.85. The molecule has 0 saturated carbocycles. The first-order valence-corrected chi connectivity index (χ1v) is 6.93. The summed E-state index contributed by atoms with van der Waals surface area (Å²) in [5.41, 5.74) is 4.74. The zero-order valence-electron chi connectivity index (χ0n) is 12.1. The van der Waals surface area contributed by atoms with Crippen LogP contribution in [-0.2, 0) is 0 Å². The first-order chi connectivity index (χ1) is 9.02. The van der Waals surface area contributed by atoms with Gasteiger partial charge in [0.15, 0.2) is 0 Å². The maximum Gasteiger partial charge on any atom is 0.123 e. The zero-order chi connectivity index (χ0) is 14.0. The van der Waals surface area contributed by atoms with Crippen LogP contribution in [0.2, 0.25) is 0 Å². The van der Waals surface area contributed by atoms with Crippen molar-refractivity contribution >= 4 is 0 Å². The SMILES string of the molecule is CC(C)c1cccc(C(C)C)c1-c1ccccc1O. The van der Waals surface area contributed by atoms with Gasteiger partial charge in [0.1, 0.15) is 5.75 Å². The van der Waals surface area contributed by atoms with E-state index in [0.29, 0.717) is 17.6 Å². The van der Waals surface area contributed by atoms with Gasteiger partial charge in [0, 0.05) is 5.56 Å². The normalized spacial score (nSPS) is 11.3. The molecule has 2 aromatic carbocycles. The fraction of sp³-hybridized carbons (Fsp3) is 0.333. The number of phenols is 1. The van der Waals surface area contributed by atoms with E-state index in [9.17, 15) is 5.11 Å². The molecule has 0 aliphatic carbocycles. The summed E-state index contributed by atoms with van der Waals surface area (Å²) in [6.07, 6.45) is 0. The molecule has 1 heteroatoms. The highest BCUT2D eigenvalue weighted by atomic mass is 16.3. The molecule has 2 rings (SSSR count). The van der Waals surface area contributed by atoms with E-state index in [2.05, 4.69) is 45.9 Å². The van der Waals surface area contributed by atoms with Gasteiger partial charge >= 0.3 is 0 Å². The van der Waals surface area contributed by atoms with Gasteiger partial charge in [0.2, 0.25) is 0 Å². The Kier molecular flexibility index (Phi) is 3.94. The molecule has 0 aliphatic heterocycles. The molecule has 0 unspecified atom stereocenters. The Morgan fingerprint density at radius 1 is 0.737 bits per heavy atom. The highest BCUT2D eigenvalue weighted by Crippen LogP contribution is 2.39. The number of hydrogen-bond acceptors (Lipinski definition) is 1. The summed E-state index contributed by atoms with van der Waals surface area (Å²) in [6, 6.07) is 14.1. The Morgan fingerprint density at radius 2 is 1.26 bits per heavy atom. The summed E-state index contributed by atoms with van der Waals surface area (Å²) in [6.45, 7) is 8.79. The van der Waals surface area contributed by atoms with E-state index in [1.807, 2.05) is 18.2 Å². The number of aromatic hydroxyl groups is 1. The van der Waals surface area contributed by atoms with Crippen molar-refractivity contribution < 1.29 is 5.11 Å². The summed E-state index contributed by atoms with van der Waals surface area (Å²) in [5, 5.41) is 10.2. The maximum atomic E-state index is 10.2. The first-order valence-electron chi connectivity index (χ1n) is 6.93. The van der Waals surface area contributed by atoms with Gasteiger partial charge in [-0.05, 0) is 34.6 Å². The lowest BCUT2D eigenvalue weighted by molar-refractivity contribution is 0.477. The van der Waals surface area contributed by atoms with Gasteiger partial charge in [-0.1, -0.05) is 64.1 Å². The molecule has 0 bridgehead atoms. The molecule has 100 valence electrons. The lowest BCUT2D eigenvalue weighted by Crippen LogP contribution is -1.99. The monoisotopic (exact) mass is 254 g/mol. The van der Waals surface area contributed by atoms with Gasteiger partial charge in [-0.15, -0.1) is 0 Å². The van der Waals surface area contributed by atoms with Crippen LogP contribution in [0.5, 0.6) is 5.75 Å². The van der Waals surface area contributed by atoms with Crippen molar-refractivity contribution in [2.45, 2.75) is 39.5 Å². The van der Waals surface area contributed by atoms with Gasteiger partial charge in [-0.25, -0.2) is 0 Å². The number of para-hydroxylation sites is 1. The topological polar surface area (TPSA) is 20.2 Å². The second kappa shape index (κ2) is 5.48. The van der Waals surface area contributed by atoms with Crippen molar-refractivity contribution in [3.63, 3.8) is 0 Å². The van der Waals surface area contributed by atoms with E-state index < -0.39 is 0 Å². The van der Waals surface area contributed by atoms with Crippen LogP contribution in [-0.4, -0.2) is 5.11 Å². The minimum atomic E-state index is 0.359. The average Bonchev–Trinajstić information content (AvgIpc) is 2.38. The van der Waals surface area contributed by atoms with Crippen LogP contribution in [0.25, 0.3) is 11.1 Å². The Labute approximate surface area is 115 Å². The predicted octanol–water partition coefficient (Wildman–Crippen LogP) is 5.31. The summed E-state index contributed by atoms with van der Waals surface area (Å²) in [4.78, 5) is 0. The highest BCUT2D eigenvalue weighted by molar-refractivity contribution is 5.77. The Balaban J connectivity index is 2.76. The van der Waals surface area contributed by atoms with Crippen LogP contribution in [0.3, 0.4) is 0 Å². The molecule has 1 N–H and O–H groups in total. The third-order valence-electron chi connectivity index (χ3n) is 3.55. The zero-order valence-corrected chi connectivity index (χ0v) is 12.1.